The van der Waals surface area contributed by atoms with Crippen LogP contribution >= 0.6 is 11.6 Å². The summed E-state index contributed by atoms with van der Waals surface area (Å²) in [7, 11) is -4.32. The summed E-state index contributed by atoms with van der Waals surface area (Å²) in [6, 6.07) is 25.4. The summed E-state index contributed by atoms with van der Waals surface area (Å²) in [6.07, 6.45) is -0.840. The molecule has 2 amide bonds. The Kier molecular flexibility index (Phi) is 9.12. The van der Waals surface area contributed by atoms with Crippen LogP contribution < -0.4 is 15.4 Å². The summed E-state index contributed by atoms with van der Waals surface area (Å²) in [6.45, 7) is 0.0715. The molecule has 0 saturated heterocycles. The van der Waals surface area contributed by atoms with E-state index in [9.17, 15) is 28.1 Å². The Bertz CT molecular complexity index is 1790. The summed E-state index contributed by atoms with van der Waals surface area (Å²) >= 11 is 5.75. The number of hydrogen-bond donors (Lipinski definition) is 3. The number of nitro benzene ring substituents is 1. The quantitative estimate of drug-likeness (QED) is 0.104. The number of alkyl halides is 1. The van der Waals surface area contributed by atoms with Gasteiger partial charge in [-0.05, 0) is 52.1 Å². The van der Waals surface area contributed by atoms with Gasteiger partial charge < -0.3 is 15.4 Å². The summed E-state index contributed by atoms with van der Waals surface area (Å²) in [5, 5.41) is 16.7. The number of nitrogens with zero attached hydrogens (tertiary/aromatic N) is 1. The molecule has 0 radical (unpaired) electrons. The maximum atomic E-state index is 12.9. The van der Waals surface area contributed by atoms with Crippen molar-refractivity contribution in [3.63, 3.8) is 0 Å². The van der Waals surface area contributed by atoms with Crippen LogP contribution in [0.4, 0.5) is 21.9 Å². The van der Waals surface area contributed by atoms with Crippen LogP contribution in [0.15, 0.2) is 95.9 Å². The molecule has 11 nitrogen and oxygen atoms in total. The van der Waals surface area contributed by atoms with Crippen molar-refractivity contribution < 1.29 is 27.7 Å². The zero-order chi connectivity index (χ0) is 31.3. The zero-order valence-corrected chi connectivity index (χ0v) is 24.7. The lowest BCUT2D eigenvalue weighted by Gasteiger charge is -2.14. The van der Waals surface area contributed by atoms with Gasteiger partial charge >= 0.3 is 6.09 Å². The first-order valence-corrected chi connectivity index (χ1v) is 15.5. The molecule has 1 aliphatic carbocycles. The number of benzene rings is 4. The van der Waals surface area contributed by atoms with Crippen molar-refractivity contribution in [3.8, 4) is 11.1 Å². The van der Waals surface area contributed by atoms with E-state index in [2.05, 4.69) is 15.4 Å². The maximum absolute atomic E-state index is 12.9. The molecule has 0 heterocycles. The first-order valence-electron chi connectivity index (χ1n) is 13.5. The number of nitro groups is 1. The van der Waals surface area contributed by atoms with Crippen molar-refractivity contribution in [2.45, 2.75) is 23.1 Å². The first kappa shape index (κ1) is 30.5. The number of amides is 2. The Morgan fingerprint density at radius 3 is 2.11 bits per heavy atom. The van der Waals surface area contributed by atoms with E-state index in [-0.39, 0.29) is 42.7 Å². The number of anilines is 2. The van der Waals surface area contributed by atoms with Crippen LogP contribution in [0.5, 0.6) is 0 Å². The molecule has 0 aliphatic heterocycles. The Labute approximate surface area is 258 Å². The van der Waals surface area contributed by atoms with E-state index in [0.29, 0.717) is 0 Å². The van der Waals surface area contributed by atoms with E-state index >= 15 is 0 Å². The lowest BCUT2D eigenvalue weighted by atomic mass is 9.98. The molecule has 0 atom stereocenters. The molecule has 0 aromatic heterocycles. The minimum atomic E-state index is -4.32. The Hall–Kier alpha value is -4.94. The van der Waals surface area contributed by atoms with Gasteiger partial charge in [-0.1, -0.05) is 60.7 Å². The fourth-order valence-electron chi connectivity index (χ4n) is 4.99. The van der Waals surface area contributed by atoms with E-state index in [1.54, 1.807) is 12.1 Å². The molecule has 0 spiro atoms. The molecule has 4 aromatic carbocycles. The van der Waals surface area contributed by atoms with E-state index < -0.39 is 37.5 Å². The van der Waals surface area contributed by atoms with Crippen molar-refractivity contribution in [2.24, 2.45) is 0 Å². The molecule has 226 valence electrons. The number of fused-ring (bicyclic) bond motifs is 3. The third-order valence-electron chi connectivity index (χ3n) is 7.05. The number of sulfonamides is 1. The van der Waals surface area contributed by atoms with Crippen LogP contribution in [-0.2, 0) is 25.4 Å². The molecule has 0 saturated carbocycles. The van der Waals surface area contributed by atoms with Gasteiger partial charge in [0.05, 0.1) is 4.92 Å². The lowest BCUT2D eigenvalue weighted by molar-refractivity contribution is -0.387. The molecule has 4 aromatic rings. The van der Waals surface area contributed by atoms with E-state index in [1.165, 1.54) is 18.2 Å². The molecule has 13 heteroatoms. The van der Waals surface area contributed by atoms with Crippen LogP contribution in [-0.4, -0.2) is 38.5 Å². The number of halogens is 1. The molecular weight excluding hydrogens is 608 g/mol. The van der Waals surface area contributed by atoms with Crippen LogP contribution in [0.1, 0.15) is 29.0 Å². The Balaban J connectivity index is 1.14. The van der Waals surface area contributed by atoms with Gasteiger partial charge in [0.25, 0.3) is 15.7 Å². The number of carbonyl (C=O) groups is 2. The van der Waals surface area contributed by atoms with Gasteiger partial charge in [-0.3, -0.25) is 19.6 Å². The fourth-order valence-corrected chi connectivity index (χ4v) is 6.38. The van der Waals surface area contributed by atoms with Crippen molar-refractivity contribution >= 4 is 50.7 Å². The number of nitrogens with one attached hydrogen (secondary N) is 3. The predicted molar refractivity (Wildman–Crippen MR) is 166 cm³/mol. The van der Waals surface area contributed by atoms with Crippen molar-refractivity contribution in [3.05, 3.63) is 118 Å². The van der Waals surface area contributed by atoms with E-state index in [4.69, 9.17) is 16.3 Å². The maximum Gasteiger partial charge on any atom is 0.407 e. The third-order valence-corrected chi connectivity index (χ3v) is 8.79. The monoisotopic (exact) mass is 634 g/mol. The molecule has 3 N–H and O–H groups in total. The third kappa shape index (κ3) is 6.82. The van der Waals surface area contributed by atoms with Crippen molar-refractivity contribution in [1.29, 1.82) is 0 Å². The molecule has 0 bridgehead atoms. The van der Waals surface area contributed by atoms with Crippen LogP contribution in [0.2, 0.25) is 0 Å². The van der Waals surface area contributed by atoms with Crippen molar-refractivity contribution in [2.75, 3.05) is 23.2 Å². The van der Waals surface area contributed by atoms with Gasteiger partial charge in [0.2, 0.25) is 5.91 Å². The minimum absolute atomic E-state index is 0.0215. The molecule has 44 heavy (non-hydrogen) atoms. The number of hydrogen-bond acceptors (Lipinski definition) is 7. The lowest BCUT2D eigenvalue weighted by Crippen LogP contribution is -2.29. The highest BCUT2D eigenvalue weighted by Crippen LogP contribution is 2.44. The molecule has 0 unspecified atom stereocenters. The highest BCUT2D eigenvalue weighted by Gasteiger charge is 2.29. The van der Waals surface area contributed by atoms with Crippen molar-refractivity contribution in [1.82, 2.24) is 5.32 Å². The minimum Gasteiger partial charge on any atom is -0.449 e. The second-order valence-electron chi connectivity index (χ2n) is 9.93. The number of ether oxygens (including phenoxy) is 1. The highest BCUT2D eigenvalue weighted by molar-refractivity contribution is 7.92. The highest BCUT2D eigenvalue weighted by atomic mass is 35.5. The SMILES string of the molecule is O=C(CCNC(=O)OCC1c2ccccc2-c2ccccc21)Nc1ccc(S(=O)(=O)Nc2ccc(CCl)cc2)c([N+](=O)[O-])c1. The predicted octanol–water partition coefficient (Wildman–Crippen LogP) is 6.00. The number of rotatable bonds is 11. The number of carbonyl (C=O) groups excluding carboxylic acids is 2. The zero-order valence-electron chi connectivity index (χ0n) is 23.2. The summed E-state index contributed by atoms with van der Waals surface area (Å²) < 4.78 is 33.6. The average Bonchev–Trinajstić information content (AvgIpc) is 3.33. The largest absolute Gasteiger partial charge is 0.449 e. The Morgan fingerprint density at radius 1 is 0.886 bits per heavy atom. The van der Waals surface area contributed by atoms with Gasteiger partial charge in [0, 0.05) is 42.2 Å². The summed E-state index contributed by atoms with van der Waals surface area (Å²) in [4.78, 5) is 35.1. The van der Waals surface area contributed by atoms with E-state index in [0.717, 1.165) is 39.9 Å². The standard InChI is InChI=1S/C31H27ClN4O7S/c32-18-20-9-11-21(12-10-20)35-44(41,42)29-14-13-22(17-28(29)36(39)40)34-30(37)15-16-33-31(38)43-19-27-25-7-3-1-5-23(25)24-6-2-4-8-26(24)27/h1-14,17,27,35H,15-16,18-19H2,(H,33,38)(H,34,37). The number of alkyl carbamates (subject to hydrolysis) is 1. The fraction of sp³-hybridized carbons (Fsp3) is 0.161. The van der Waals surface area contributed by atoms with Gasteiger partial charge in [-0.2, -0.15) is 0 Å². The van der Waals surface area contributed by atoms with Crippen LogP contribution in [0, 0.1) is 10.1 Å². The van der Waals surface area contributed by atoms with Gasteiger partial charge in [-0.15, -0.1) is 11.6 Å². The Morgan fingerprint density at radius 2 is 1.50 bits per heavy atom. The first-order chi connectivity index (χ1) is 21.2. The second kappa shape index (κ2) is 13.1. The topological polar surface area (TPSA) is 157 Å². The molecule has 1 aliphatic rings. The molecular formula is C31H27ClN4O7S. The van der Waals surface area contributed by atoms with Crippen LogP contribution in [0.3, 0.4) is 0 Å². The molecule has 5 rings (SSSR count). The second-order valence-corrected chi connectivity index (χ2v) is 11.8. The van der Waals surface area contributed by atoms with E-state index in [1.807, 2.05) is 48.5 Å². The summed E-state index contributed by atoms with van der Waals surface area (Å²) in [5.41, 5.74) is 4.64. The smallest absolute Gasteiger partial charge is 0.407 e. The van der Waals surface area contributed by atoms with Gasteiger partial charge in [0.1, 0.15) is 6.61 Å². The normalized spacial score (nSPS) is 12.1. The average molecular weight is 635 g/mol. The van der Waals surface area contributed by atoms with Gasteiger partial charge in [0.15, 0.2) is 4.90 Å². The molecule has 0 fully saturated rings. The van der Waals surface area contributed by atoms with Crippen LogP contribution in [0.25, 0.3) is 11.1 Å². The summed E-state index contributed by atoms with van der Waals surface area (Å²) in [5.74, 6) is -0.408. The van der Waals surface area contributed by atoms with Gasteiger partial charge in [-0.25, -0.2) is 13.2 Å².